The van der Waals surface area contributed by atoms with Crippen molar-refractivity contribution in [1.29, 1.82) is 0 Å². The smallest absolute Gasteiger partial charge is 0.331 e. The maximum atomic E-state index is 11.9. The molecule has 4 heteroatoms. The summed E-state index contributed by atoms with van der Waals surface area (Å²) in [5.74, 6) is -0.365. The monoisotopic (exact) mass is 309 g/mol. The molecule has 0 aliphatic heterocycles. The van der Waals surface area contributed by atoms with Gasteiger partial charge in [0.2, 0.25) is 0 Å². The highest BCUT2D eigenvalue weighted by Crippen LogP contribution is 2.22. The van der Waals surface area contributed by atoms with Crippen LogP contribution in [0, 0.1) is 0 Å². The quantitative estimate of drug-likeness (QED) is 0.521. The highest BCUT2D eigenvalue weighted by molar-refractivity contribution is 7.19. The van der Waals surface area contributed by atoms with E-state index in [-0.39, 0.29) is 12.1 Å². The Morgan fingerprint density at radius 3 is 2.64 bits per heavy atom. The van der Waals surface area contributed by atoms with E-state index in [0.717, 1.165) is 20.8 Å². The van der Waals surface area contributed by atoms with Crippen molar-refractivity contribution in [2.24, 2.45) is 0 Å². The second-order valence-corrected chi connectivity index (χ2v) is 5.91. The second-order valence-electron chi connectivity index (χ2n) is 4.84. The van der Waals surface area contributed by atoms with Gasteiger partial charge in [0.15, 0.2) is 0 Å². The van der Waals surface area contributed by atoms with E-state index in [0.29, 0.717) is 0 Å². The number of carbonyl (C=O) groups excluding carboxylic acids is 1. The van der Waals surface area contributed by atoms with Crippen LogP contribution in [0.15, 0.2) is 60.7 Å². The molecule has 0 aliphatic carbocycles. The number of benzene rings is 2. The Hall–Kier alpha value is -2.46. The van der Waals surface area contributed by atoms with Crippen molar-refractivity contribution < 1.29 is 9.53 Å². The minimum Gasteiger partial charge on any atom is -0.455 e. The molecule has 0 N–H and O–H groups in total. The third kappa shape index (κ3) is 3.40. The molecule has 3 aromatic rings. The largest absolute Gasteiger partial charge is 0.455 e. The number of para-hydroxylation sites is 1. The maximum Gasteiger partial charge on any atom is 0.331 e. The summed E-state index contributed by atoms with van der Waals surface area (Å²) in [6.45, 7) is 1.86. The molecular formula is C18H15NO2S. The zero-order valence-electron chi connectivity index (χ0n) is 12.1. The average molecular weight is 309 g/mol. The van der Waals surface area contributed by atoms with Gasteiger partial charge >= 0.3 is 5.97 Å². The number of esters is 1. The van der Waals surface area contributed by atoms with E-state index in [1.54, 1.807) is 17.4 Å². The lowest BCUT2D eigenvalue weighted by Gasteiger charge is -2.11. The molecule has 0 unspecified atom stereocenters. The van der Waals surface area contributed by atoms with Crippen LogP contribution in [0.3, 0.4) is 0 Å². The van der Waals surface area contributed by atoms with E-state index in [1.807, 2.05) is 61.5 Å². The highest BCUT2D eigenvalue weighted by Gasteiger charge is 2.09. The van der Waals surface area contributed by atoms with Crippen molar-refractivity contribution in [1.82, 2.24) is 4.98 Å². The number of nitrogens with zero attached hydrogens (tertiary/aromatic N) is 1. The highest BCUT2D eigenvalue weighted by atomic mass is 32.1. The van der Waals surface area contributed by atoms with E-state index in [9.17, 15) is 4.79 Å². The fourth-order valence-corrected chi connectivity index (χ4v) is 2.98. The van der Waals surface area contributed by atoms with Gasteiger partial charge in [-0.05, 0) is 30.7 Å². The molecule has 1 atom stereocenters. The Morgan fingerprint density at radius 1 is 1.14 bits per heavy atom. The summed E-state index contributed by atoms with van der Waals surface area (Å²) in [5, 5.41) is 0.797. The molecule has 22 heavy (non-hydrogen) atoms. The summed E-state index contributed by atoms with van der Waals surface area (Å²) in [5.41, 5.74) is 1.92. The molecule has 3 nitrogen and oxygen atoms in total. The third-order valence-electron chi connectivity index (χ3n) is 3.23. The average Bonchev–Trinajstić information content (AvgIpc) is 2.96. The summed E-state index contributed by atoms with van der Waals surface area (Å²) in [4.78, 5) is 16.3. The van der Waals surface area contributed by atoms with Crippen LogP contribution in [0.4, 0.5) is 0 Å². The Bertz CT molecular complexity index is 775. The molecule has 0 radical (unpaired) electrons. The number of aromatic nitrogens is 1. The first kappa shape index (κ1) is 14.5. The summed E-state index contributed by atoms with van der Waals surface area (Å²) >= 11 is 1.55. The fraction of sp³-hybridized carbons (Fsp3) is 0.111. The van der Waals surface area contributed by atoms with E-state index < -0.39 is 0 Å². The molecule has 2 aromatic carbocycles. The van der Waals surface area contributed by atoms with Gasteiger partial charge in [0.1, 0.15) is 11.1 Å². The van der Waals surface area contributed by atoms with Gasteiger partial charge < -0.3 is 4.74 Å². The number of hydrogen-bond acceptors (Lipinski definition) is 4. The Kier molecular flexibility index (Phi) is 4.30. The minimum atomic E-state index is -0.365. The summed E-state index contributed by atoms with van der Waals surface area (Å²) in [7, 11) is 0. The standard InChI is InChI=1S/C18H15NO2S/c1-13(14-7-3-2-4-8-14)21-18(20)12-11-17-19-15-9-5-6-10-16(15)22-17/h2-13H,1H3/b12-11+/t13-/m1/s1. The van der Waals surface area contributed by atoms with Crippen molar-refractivity contribution in [3.63, 3.8) is 0 Å². The van der Waals surface area contributed by atoms with Crippen molar-refractivity contribution >= 4 is 33.6 Å². The van der Waals surface area contributed by atoms with E-state index >= 15 is 0 Å². The Morgan fingerprint density at radius 2 is 1.86 bits per heavy atom. The lowest BCUT2D eigenvalue weighted by molar-refractivity contribution is -0.142. The van der Waals surface area contributed by atoms with Crippen LogP contribution in [-0.4, -0.2) is 11.0 Å². The molecule has 0 saturated heterocycles. The molecule has 1 heterocycles. The van der Waals surface area contributed by atoms with E-state index in [4.69, 9.17) is 4.74 Å². The molecule has 1 aromatic heterocycles. The number of fused-ring (bicyclic) bond motifs is 1. The van der Waals surface area contributed by atoms with Crippen molar-refractivity contribution in [3.05, 3.63) is 71.2 Å². The van der Waals surface area contributed by atoms with E-state index in [2.05, 4.69) is 4.98 Å². The van der Waals surface area contributed by atoms with Crippen molar-refractivity contribution in [2.75, 3.05) is 0 Å². The first-order chi connectivity index (χ1) is 10.7. The molecule has 0 saturated carbocycles. The number of ether oxygens (including phenoxy) is 1. The Labute approximate surface area is 132 Å². The predicted octanol–water partition coefficient (Wildman–Crippen LogP) is 4.61. The first-order valence-electron chi connectivity index (χ1n) is 7.01. The molecule has 3 rings (SSSR count). The van der Waals surface area contributed by atoms with Gasteiger partial charge in [-0.3, -0.25) is 0 Å². The lowest BCUT2D eigenvalue weighted by atomic mass is 10.1. The molecule has 0 spiro atoms. The maximum absolute atomic E-state index is 11.9. The van der Waals surface area contributed by atoms with Crippen LogP contribution in [0.5, 0.6) is 0 Å². The molecule has 0 amide bonds. The molecule has 0 aliphatic rings. The zero-order valence-corrected chi connectivity index (χ0v) is 12.9. The van der Waals surface area contributed by atoms with Crippen LogP contribution in [0.2, 0.25) is 0 Å². The summed E-state index contributed by atoms with van der Waals surface area (Å²) in [6.07, 6.45) is 2.86. The summed E-state index contributed by atoms with van der Waals surface area (Å²) in [6, 6.07) is 17.6. The SMILES string of the molecule is C[C@@H](OC(=O)/C=C/c1nc2ccccc2s1)c1ccccc1. The van der Waals surface area contributed by atoms with Gasteiger partial charge in [-0.25, -0.2) is 9.78 Å². The number of thiazole rings is 1. The predicted molar refractivity (Wildman–Crippen MR) is 89.6 cm³/mol. The van der Waals surface area contributed by atoms with Crippen LogP contribution >= 0.6 is 11.3 Å². The number of rotatable bonds is 4. The number of hydrogen-bond donors (Lipinski definition) is 0. The van der Waals surface area contributed by atoms with Gasteiger partial charge in [-0.1, -0.05) is 42.5 Å². The van der Waals surface area contributed by atoms with Gasteiger partial charge in [0.25, 0.3) is 0 Å². The number of carbonyl (C=O) groups is 1. The zero-order chi connectivity index (χ0) is 15.4. The minimum absolute atomic E-state index is 0.270. The topological polar surface area (TPSA) is 39.2 Å². The van der Waals surface area contributed by atoms with Gasteiger partial charge in [0, 0.05) is 6.08 Å². The molecular weight excluding hydrogens is 294 g/mol. The fourth-order valence-electron chi connectivity index (χ4n) is 2.11. The lowest BCUT2D eigenvalue weighted by Crippen LogP contribution is -2.05. The van der Waals surface area contributed by atoms with Crippen LogP contribution in [-0.2, 0) is 9.53 Å². The molecule has 110 valence electrons. The van der Waals surface area contributed by atoms with Crippen LogP contribution in [0.25, 0.3) is 16.3 Å². The third-order valence-corrected chi connectivity index (χ3v) is 4.24. The van der Waals surface area contributed by atoms with Crippen molar-refractivity contribution in [2.45, 2.75) is 13.0 Å². The van der Waals surface area contributed by atoms with Gasteiger partial charge in [0.05, 0.1) is 10.2 Å². The van der Waals surface area contributed by atoms with Gasteiger partial charge in [-0.15, -0.1) is 11.3 Å². The van der Waals surface area contributed by atoms with Crippen LogP contribution in [0.1, 0.15) is 23.6 Å². The summed E-state index contributed by atoms with van der Waals surface area (Å²) < 4.78 is 6.49. The Balaban J connectivity index is 1.66. The van der Waals surface area contributed by atoms with Crippen molar-refractivity contribution in [3.8, 4) is 0 Å². The van der Waals surface area contributed by atoms with E-state index in [1.165, 1.54) is 6.08 Å². The molecule has 0 fully saturated rings. The first-order valence-corrected chi connectivity index (χ1v) is 7.83. The van der Waals surface area contributed by atoms with Gasteiger partial charge in [-0.2, -0.15) is 0 Å². The van der Waals surface area contributed by atoms with Crippen LogP contribution < -0.4 is 0 Å². The normalized spacial score (nSPS) is 12.6. The molecule has 0 bridgehead atoms. The second kappa shape index (κ2) is 6.54.